The molecule has 1 N–H and O–H groups in total. The highest BCUT2D eigenvalue weighted by Gasteiger charge is 2.13. The van der Waals surface area contributed by atoms with E-state index in [0.717, 1.165) is 28.5 Å². The number of nitriles is 1. The van der Waals surface area contributed by atoms with Gasteiger partial charge in [-0.2, -0.15) is 5.26 Å². The van der Waals surface area contributed by atoms with E-state index in [1.165, 1.54) is 5.52 Å². The summed E-state index contributed by atoms with van der Waals surface area (Å²) in [6.07, 6.45) is 0. The Kier molecular flexibility index (Phi) is 4.09. The summed E-state index contributed by atoms with van der Waals surface area (Å²) in [7, 11) is 0. The standard InChI is InChI=1S/C22H18N4O/c1-3-26-20-7-5-4-6-17(20)18-12-16(9-11-21(18)26)25-22(27)19-10-8-15(13-23)14(2)24-19/h4-12H,3H2,1-2H3,(H,25,27). The molecule has 27 heavy (non-hydrogen) atoms. The summed E-state index contributed by atoms with van der Waals surface area (Å²) in [5, 5.41) is 14.2. The van der Waals surface area contributed by atoms with Crippen molar-refractivity contribution in [1.82, 2.24) is 9.55 Å². The summed E-state index contributed by atoms with van der Waals surface area (Å²) in [5.74, 6) is -0.291. The highest BCUT2D eigenvalue weighted by molar-refractivity contribution is 6.10. The molecule has 0 spiro atoms. The molecule has 0 unspecified atom stereocenters. The maximum Gasteiger partial charge on any atom is 0.274 e. The van der Waals surface area contributed by atoms with E-state index in [1.54, 1.807) is 19.1 Å². The zero-order valence-electron chi connectivity index (χ0n) is 15.2. The highest BCUT2D eigenvalue weighted by atomic mass is 16.1. The average Bonchev–Trinajstić information content (AvgIpc) is 3.01. The lowest BCUT2D eigenvalue weighted by Crippen LogP contribution is -2.14. The van der Waals surface area contributed by atoms with E-state index in [4.69, 9.17) is 5.26 Å². The van der Waals surface area contributed by atoms with E-state index in [2.05, 4.69) is 40.0 Å². The minimum Gasteiger partial charge on any atom is -0.341 e. The first-order valence-electron chi connectivity index (χ1n) is 8.82. The Labute approximate surface area is 156 Å². The number of anilines is 1. The van der Waals surface area contributed by atoms with Crippen LogP contribution in [0.25, 0.3) is 21.8 Å². The van der Waals surface area contributed by atoms with Crippen LogP contribution in [0.15, 0.2) is 54.6 Å². The Morgan fingerprint density at radius 2 is 1.89 bits per heavy atom. The molecule has 4 aromatic rings. The fourth-order valence-electron chi connectivity index (χ4n) is 3.47. The Balaban J connectivity index is 1.72. The third-order valence-corrected chi connectivity index (χ3v) is 4.79. The third-order valence-electron chi connectivity index (χ3n) is 4.79. The number of nitrogens with one attached hydrogen (secondary N) is 1. The fraction of sp³-hybridized carbons (Fsp3) is 0.136. The van der Waals surface area contributed by atoms with Crippen molar-refractivity contribution in [3.05, 3.63) is 71.5 Å². The SMILES string of the molecule is CCn1c2ccccc2c2cc(NC(=O)c3ccc(C#N)c(C)n3)ccc21. The molecule has 0 aliphatic carbocycles. The molecule has 2 aromatic carbocycles. The number of hydrogen-bond donors (Lipinski definition) is 1. The number of benzene rings is 2. The van der Waals surface area contributed by atoms with Crippen molar-refractivity contribution >= 4 is 33.4 Å². The molecule has 0 atom stereocenters. The average molecular weight is 354 g/mol. The van der Waals surface area contributed by atoms with Crippen molar-refractivity contribution in [3.8, 4) is 6.07 Å². The van der Waals surface area contributed by atoms with Gasteiger partial charge in [-0.25, -0.2) is 4.98 Å². The van der Waals surface area contributed by atoms with Crippen LogP contribution in [0.3, 0.4) is 0 Å². The van der Waals surface area contributed by atoms with E-state index in [-0.39, 0.29) is 5.91 Å². The van der Waals surface area contributed by atoms with Gasteiger partial charge in [0.1, 0.15) is 11.8 Å². The molecule has 2 aromatic heterocycles. The van der Waals surface area contributed by atoms with E-state index < -0.39 is 0 Å². The summed E-state index contributed by atoms with van der Waals surface area (Å²) in [6, 6.07) is 19.5. The molecule has 2 heterocycles. The molecule has 4 rings (SSSR count). The second-order valence-corrected chi connectivity index (χ2v) is 6.39. The van der Waals surface area contributed by atoms with Gasteiger partial charge in [0.25, 0.3) is 5.91 Å². The molecule has 1 amide bonds. The number of pyridine rings is 1. The number of aromatic nitrogens is 2. The maximum atomic E-state index is 12.6. The van der Waals surface area contributed by atoms with Gasteiger partial charge < -0.3 is 9.88 Å². The number of hydrogen-bond acceptors (Lipinski definition) is 3. The second kappa shape index (κ2) is 6.58. The normalized spacial score (nSPS) is 10.9. The topological polar surface area (TPSA) is 70.7 Å². The summed E-state index contributed by atoms with van der Waals surface area (Å²) >= 11 is 0. The van der Waals surface area contributed by atoms with Crippen LogP contribution in [0.4, 0.5) is 5.69 Å². The second-order valence-electron chi connectivity index (χ2n) is 6.39. The molecule has 0 aliphatic heterocycles. The summed E-state index contributed by atoms with van der Waals surface area (Å²) in [5.41, 5.74) is 4.36. The minimum atomic E-state index is -0.291. The predicted octanol–water partition coefficient (Wildman–Crippen LogP) is 4.64. The zero-order valence-corrected chi connectivity index (χ0v) is 15.2. The van der Waals surface area contributed by atoms with Gasteiger partial charge in [-0.15, -0.1) is 0 Å². The molecule has 0 saturated carbocycles. The third kappa shape index (κ3) is 2.81. The molecule has 132 valence electrons. The number of rotatable bonds is 3. The number of amides is 1. The van der Waals surface area contributed by atoms with Gasteiger partial charge in [0, 0.05) is 34.0 Å². The summed E-state index contributed by atoms with van der Waals surface area (Å²) < 4.78 is 2.27. The van der Waals surface area contributed by atoms with Crippen LogP contribution >= 0.6 is 0 Å². The molecule has 0 aliphatic rings. The van der Waals surface area contributed by atoms with Crippen LogP contribution in [-0.4, -0.2) is 15.5 Å². The smallest absolute Gasteiger partial charge is 0.274 e. The van der Waals surface area contributed by atoms with Crippen molar-refractivity contribution in [3.63, 3.8) is 0 Å². The van der Waals surface area contributed by atoms with Gasteiger partial charge in [-0.3, -0.25) is 4.79 Å². The van der Waals surface area contributed by atoms with Crippen LogP contribution in [0, 0.1) is 18.3 Å². The van der Waals surface area contributed by atoms with E-state index in [9.17, 15) is 4.79 Å². The molecule has 0 radical (unpaired) electrons. The first-order valence-corrected chi connectivity index (χ1v) is 8.82. The number of carbonyl (C=O) groups excluding carboxylic acids is 1. The van der Waals surface area contributed by atoms with Crippen molar-refractivity contribution in [2.45, 2.75) is 20.4 Å². The molecular weight excluding hydrogens is 336 g/mol. The van der Waals surface area contributed by atoms with Crippen molar-refractivity contribution < 1.29 is 4.79 Å². The lowest BCUT2D eigenvalue weighted by molar-refractivity contribution is 0.102. The molecule has 5 heteroatoms. The van der Waals surface area contributed by atoms with E-state index in [0.29, 0.717) is 17.0 Å². The Bertz CT molecular complexity index is 1230. The van der Waals surface area contributed by atoms with Crippen LogP contribution in [-0.2, 0) is 6.54 Å². The molecule has 0 fully saturated rings. The molecule has 0 bridgehead atoms. The van der Waals surface area contributed by atoms with Crippen LogP contribution in [0.2, 0.25) is 0 Å². The maximum absolute atomic E-state index is 12.6. The number of carbonyl (C=O) groups is 1. The van der Waals surface area contributed by atoms with Crippen LogP contribution in [0.1, 0.15) is 28.7 Å². The lowest BCUT2D eigenvalue weighted by Gasteiger charge is -2.07. The van der Waals surface area contributed by atoms with Crippen molar-refractivity contribution in [2.24, 2.45) is 0 Å². The van der Waals surface area contributed by atoms with Crippen LogP contribution in [0.5, 0.6) is 0 Å². The quantitative estimate of drug-likeness (QED) is 0.582. The predicted molar refractivity (Wildman–Crippen MR) is 107 cm³/mol. The highest BCUT2D eigenvalue weighted by Crippen LogP contribution is 2.31. The minimum absolute atomic E-state index is 0.291. The largest absolute Gasteiger partial charge is 0.341 e. The molecular formula is C22H18N4O. The first kappa shape index (κ1) is 16.8. The van der Waals surface area contributed by atoms with Crippen molar-refractivity contribution in [2.75, 3.05) is 5.32 Å². The monoisotopic (exact) mass is 354 g/mol. The number of nitrogens with zero attached hydrogens (tertiary/aromatic N) is 3. The van der Waals surface area contributed by atoms with Gasteiger partial charge in [-0.1, -0.05) is 18.2 Å². The van der Waals surface area contributed by atoms with E-state index in [1.807, 2.05) is 30.3 Å². The Hall–Kier alpha value is -3.65. The zero-order chi connectivity index (χ0) is 19.0. The summed E-state index contributed by atoms with van der Waals surface area (Å²) in [4.78, 5) is 16.8. The summed E-state index contributed by atoms with van der Waals surface area (Å²) in [6.45, 7) is 4.73. The molecule has 0 saturated heterocycles. The van der Waals surface area contributed by atoms with Gasteiger partial charge in [0.15, 0.2) is 0 Å². The van der Waals surface area contributed by atoms with Crippen molar-refractivity contribution in [1.29, 1.82) is 5.26 Å². The van der Waals surface area contributed by atoms with Crippen LogP contribution < -0.4 is 5.32 Å². The van der Waals surface area contributed by atoms with Gasteiger partial charge in [-0.05, 0) is 50.2 Å². The fourth-order valence-corrected chi connectivity index (χ4v) is 3.47. The van der Waals surface area contributed by atoms with Gasteiger partial charge in [0.05, 0.1) is 11.3 Å². The Morgan fingerprint density at radius 3 is 2.63 bits per heavy atom. The molecule has 5 nitrogen and oxygen atoms in total. The van der Waals surface area contributed by atoms with Gasteiger partial charge in [0.2, 0.25) is 0 Å². The Morgan fingerprint density at radius 1 is 1.11 bits per heavy atom. The number of aryl methyl sites for hydroxylation is 2. The number of para-hydroxylation sites is 1. The first-order chi connectivity index (χ1) is 13.1. The van der Waals surface area contributed by atoms with E-state index >= 15 is 0 Å². The lowest BCUT2D eigenvalue weighted by atomic mass is 10.1. The van der Waals surface area contributed by atoms with Gasteiger partial charge >= 0.3 is 0 Å². The number of fused-ring (bicyclic) bond motifs is 3.